The summed E-state index contributed by atoms with van der Waals surface area (Å²) in [7, 11) is 0. The Morgan fingerprint density at radius 3 is 2.56 bits per heavy atom. The molecule has 1 fully saturated rings. The molecule has 0 bridgehead atoms. The van der Waals surface area contributed by atoms with Crippen molar-refractivity contribution in [3.63, 3.8) is 0 Å². The van der Waals surface area contributed by atoms with Crippen LogP contribution in [-0.4, -0.2) is 29.6 Å². The van der Waals surface area contributed by atoms with E-state index in [-0.39, 0.29) is 5.75 Å². The number of benzene rings is 1. The quantitative estimate of drug-likeness (QED) is 0.899. The Morgan fingerprint density at radius 2 is 1.94 bits per heavy atom. The molecule has 0 aromatic heterocycles. The SMILES string of the molecule is NCC1CCN(Cc2cc(Cl)cc(Cl)c2O)CC1. The highest BCUT2D eigenvalue weighted by Crippen LogP contribution is 2.32. The van der Waals surface area contributed by atoms with Gasteiger partial charge in [-0.1, -0.05) is 23.2 Å². The largest absolute Gasteiger partial charge is 0.506 e. The zero-order valence-corrected chi connectivity index (χ0v) is 11.7. The molecule has 0 radical (unpaired) electrons. The predicted molar refractivity (Wildman–Crippen MR) is 75.2 cm³/mol. The zero-order valence-electron chi connectivity index (χ0n) is 10.2. The lowest BCUT2D eigenvalue weighted by molar-refractivity contribution is 0.179. The number of hydrogen-bond donors (Lipinski definition) is 2. The predicted octanol–water partition coefficient (Wildman–Crippen LogP) is 2.87. The van der Waals surface area contributed by atoms with Crippen molar-refractivity contribution in [1.82, 2.24) is 4.90 Å². The highest BCUT2D eigenvalue weighted by molar-refractivity contribution is 6.35. The van der Waals surface area contributed by atoms with Crippen LogP contribution < -0.4 is 5.73 Å². The van der Waals surface area contributed by atoms with Crippen molar-refractivity contribution in [2.75, 3.05) is 19.6 Å². The lowest BCUT2D eigenvalue weighted by atomic mass is 9.97. The smallest absolute Gasteiger partial charge is 0.138 e. The van der Waals surface area contributed by atoms with Gasteiger partial charge in [0.2, 0.25) is 0 Å². The summed E-state index contributed by atoms with van der Waals surface area (Å²) in [5, 5.41) is 10.8. The molecule has 1 aromatic carbocycles. The fourth-order valence-corrected chi connectivity index (χ4v) is 2.90. The van der Waals surface area contributed by atoms with Crippen LogP contribution in [0.5, 0.6) is 5.75 Å². The minimum atomic E-state index is 0.141. The summed E-state index contributed by atoms with van der Waals surface area (Å²) in [6.45, 7) is 3.46. The second-order valence-corrected chi connectivity index (χ2v) is 5.69. The van der Waals surface area contributed by atoms with Crippen LogP contribution in [0.2, 0.25) is 10.0 Å². The first-order valence-corrected chi connectivity index (χ1v) is 6.95. The maximum absolute atomic E-state index is 9.91. The second-order valence-electron chi connectivity index (χ2n) is 4.85. The molecule has 1 aliphatic rings. The minimum Gasteiger partial charge on any atom is -0.506 e. The molecule has 0 amide bonds. The van der Waals surface area contributed by atoms with Crippen LogP contribution in [0.3, 0.4) is 0 Å². The van der Waals surface area contributed by atoms with Crippen LogP contribution >= 0.6 is 23.2 Å². The summed E-state index contributed by atoms with van der Waals surface area (Å²) in [6, 6.07) is 3.33. The number of rotatable bonds is 3. The van der Waals surface area contributed by atoms with Gasteiger partial charge in [0.1, 0.15) is 5.75 Å². The van der Waals surface area contributed by atoms with Gasteiger partial charge in [-0.05, 0) is 50.5 Å². The van der Waals surface area contributed by atoms with Crippen LogP contribution in [0.25, 0.3) is 0 Å². The number of phenolic OH excluding ortho intramolecular Hbond substituents is 1. The van der Waals surface area contributed by atoms with Crippen molar-refractivity contribution in [1.29, 1.82) is 0 Å². The summed E-state index contributed by atoms with van der Waals surface area (Å²) in [5.74, 6) is 0.778. The zero-order chi connectivity index (χ0) is 13.1. The van der Waals surface area contributed by atoms with Crippen molar-refractivity contribution < 1.29 is 5.11 Å². The second kappa shape index (κ2) is 6.11. The maximum atomic E-state index is 9.91. The topological polar surface area (TPSA) is 49.5 Å². The van der Waals surface area contributed by atoms with Crippen LogP contribution in [-0.2, 0) is 6.54 Å². The molecule has 2 rings (SSSR count). The van der Waals surface area contributed by atoms with Crippen molar-refractivity contribution in [2.45, 2.75) is 19.4 Å². The van der Waals surface area contributed by atoms with Crippen LogP contribution in [0.15, 0.2) is 12.1 Å². The molecule has 3 N–H and O–H groups in total. The number of likely N-dealkylation sites (tertiary alicyclic amines) is 1. The average Bonchev–Trinajstić information content (AvgIpc) is 2.36. The Labute approximate surface area is 117 Å². The molecule has 1 heterocycles. The van der Waals surface area contributed by atoms with Crippen LogP contribution in [0.1, 0.15) is 18.4 Å². The summed E-state index contributed by atoms with van der Waals surface area (Å²) in [4.78, 5) is 2.30. The molecule has 18 heavy (non-hydrogen) atoms. The molecule has 0 saturated carbocycles. The molecular formula is C13H18Cl2N2O. The van der Waals surface area contributed by atoms with Gasteiger partial charge in [0, 0.05) is 17.1 Å². The lowest BCUT2D eigenvalue weighted by Crippen LogP contribution is -2.35. The molecule has 0 aliphatic carbocycles. The maximum Gasteiger partial charge on any atom is 0.138 e. The number of hydrogen-bond acceptors (Lipinski definition) is 3. The molecule has 5 heteroatoms. The molecule has 1 aliphatic heterocycles. The highest BCUT2D eigenvalue weighted by Gasteiger charge is 2.19. The average molecular weight is 289 g/mol. The summed E-state index contributed by atoms with van der Waals surface area (Å²) in [5.41, 5.74) is 6.46. The molecule has 0 spiro atoms. The first-order chi connectivity index (χ1) is 8.60. The van der Waals surface area contributed by atoms with Crippen LogP contribution in [0, 0.1) is 5.92 Å². The molecule has 1 saturated heterocycles. The van der Waals surface area contributed by atoms with Gasteiger partial charge in [0.25, 0.3) is 0 Å². The van der Waals surface area contributed by atoms with Gasteiger partial charge >= 0.3 is 0 Å². The van der Waals surface area contributed by atoms with Gasteiger partial charge in [-0.15, -0.1) is 0 Å². The standard InChI is InChI=1S/C13H18Cl2N2O/c14-11-5-10(13(18)12(15)6-11)8-17-3-1-9(7-16)2-4-17/h5-6,9,18H,1-4,7-8,16H2. The third-order valence-electron chi connectivity index (χ3n) is 3.54. The third-order valence-corrected chi connectivity index (χ3v) is 4.05. The fraction of sp³-hybridized carbons (Fsp3) is 0.538. The third kappa shape index (κ3) is 3.29. The van der Waals surface area contributed by atoms with Crippen LogP contribution in [0.4, 0.5) is 0 Å². The monoisotopic (exact) mass is 288 g/mol. The molecule has 3 nitrogen and oxygen atoms in total. The molecule has 0 unspecified atom stereocenters. The Bertz CT molecular complexity index is 418. The van der Waals surface area contributed by atoms with E-state index in [1.54, 1.807) is 12.1 Å². The summed E-state index contributed by atoms with van der Waals surface area (Å²) >= 11 is 11.9. The van der Waals surface area contributed by atoms with Gasteiger partial charge in [0.05, 0.1) is 5.02 Å². The number of phenols is 1. The first kappa shape index (κ1) is 13.9. The Morgan fingerprint density at radius 1 is 1.28 bits per heavy atom. The number of piperidine rings is 1. The number of halogens is 2. The van der Waals surface area contributed by atoms with Crippen molar-refractivity contribution in [3.8, 4) is 5.75 Å². The van der Waals surface area contributed by atoms with E-state index in [0.717, 1.165) is 38.0 Å². The van der Waals surface area contributed by atoms with E-state index in [2.05, 4.69) is 4.90 Å². The van der Waals surface area contributed by atoms with E-state index < -0.39 is 0 Å². The fourth-order valence-electron chi connectivity index (χ4n) is 2.36. The number of nitrogens with zero attached hydrogens (tertiary/aromatic N) is 1. The van der Waals surface area contributed by atoms with Gasteiger partial charge in [0.15, 0.2) is 0 Å². The van der Waals surface area contributed by atoms with Gasteiger partial charge < -0.3 is 10.8 Å². The van der Waals surface area contributed by atoms with E-state index in [9.17, 15) is 5.11 Å². The molecule has 100 valence electrons. The van der Waals surface area contributed by atoms with Gasteiger partial charge in [-0.3, -0.25) is 4.90 Å². The first-order valence-electron chi connectivity index (χ1n) is 6.19. The Balaban J connectivity index is 2.02. The lowest BCUT2D eigenvalue weighted by Gasteiger charge is -2.31. The van der Waals surface area contributed by atoms with Crippen molar-refractivity contribution in [3.05, 3.63) is 27.7 Å². The number of nitrogens with two attached hydrogens (primary N) is 1. The Hall–Kier alpha value is -0.480. The van der Waals surface area contributed by atoms with Crippen molar-refractivity contribution >= 4 is 23.2 Å². The van der Waals surface area contributed by atoms with Crippen molar-refractivity contribution in [2.24, 2.45) is 11.7 Å². The highest BCUT2D eigenvalue weighted by atomic mass is 35.5. The van der Waals surface area contributed by atoms with Gasteiger partial charge in [-0.2, -0.15) is 0 Å². The van der Waals surface area contributed by atoms with Gasteiger partial charge in [-0.25, -0.2) is 0 Å². The molecular weight excluding hydrogens is 271 g/mol. The molecule has 1 aromatic rings. The van der Waals surface area contributed by atoms with E-state index >= 15 is 0 Å². The minimum absolute atomic E-state index is 0.141. The number of aromatic hydroxyl groups is 1. The van der Waals surface area contributed by atoms with E-state index in [1.807, 2.05) is 0 Å². The van der Waals surface area contributed by atoms with E-state index in [0.29, 0.717) is 22.5 Å². The van der Waals surface area contributed by atoms with E-state index in [4.69, 9.17) is 28.9 Å². The molecule has 0 atom stereocenters. The summed E-state index contributed by atoms with van der Waals surface area (Å²) < 4.78 is 0. The summed E-state index contributed by atoms with van der Waals surface area (Å²) in [6.07, 6.45) is 2.23. The van der Waals surface area contributed by atoms with E-state index in [1.165, 1.54) is 0 Å². The Kier molecular flexibility index (Phi) is 4.73. The normalized spacial score (nSPS) is 18.2.